The van der Waals surface area contributed by atoms with Crippen LogP contribution in [0.25, 0.3) is 0 Å². The molecule has 17 heavy (non-hydrogen) atoms. The number of rotatable bonds is 5. The lowest BCUT2D eigenvalue weighted by molar-refractivity contribution is 0.202. The second kappa shape index (κ2) is 6.04. The Morgan fingerprint density at radius 2 is 1.59 bits per heavy atom. The summed E-state index contributed by atoms with van der Waals surface area (Å²) in [6.45, 7) is 21.1. The largest absolute Gasteiger partial charge is 0.330 e. The molecule has 0 saturated heterocycles. The van der Waals surface area contributed by atoms with Crippen molar-refractivity contribution in [3.05, 3.63) is 12.2 Å². The zero-order valence-electron chi connectivity index (χ0n) is 13.1. The molecule has 0 aliphatic carbocycles. The van der Waals surface area contributed by atoms with E-state index in [0.29, 0.717) is 11.8 Å². The van der Waals surface area contributed by atoms with E-state index in [4.69, 9.17) is 5.73 Å². The summed E-state index contributed by atoms with van der Waals surface area (Å²) in [5, 5.41) is 0. The standard InChI is InChI=1S/C16H33N/c1-9-13(11-17)10-14(16(6,7)8)12(2)15(3,4)5/h13-14H,2,9-11,17H2,1,3-8H3. The van der Waals surface area contributed by atoms with Crippen LogP contribution in [0, 0.1) is 22.7 Å². The van der Waals surface area contributed by atoms with E-state index in [-0.39, 0.29) is 10.8 Å². The minimum atomic E-state index is 0.185. The molecule has 2 N–H and O–H groups in total. The first kappa shape index (κ1) is 16.7. The van der Waals surface area contributed by atoms with Gasteiger partial charge >= 0.3 is 0 Å². The smallest absolute Gasteiger partial charge is 0.00487 e. The summed E-state index contributed by atoms with van der Waals surface area (Å²) in [4.78, 5) is 0. The average molecular weight is 239 g/mol. The van der Waals surface area contributed by atoms with Gasteiger partial charge in [-0.05, 0) is 35.6 Å². The van der Waals surface area contributed by atoms with Crippen molar-refractivity contribution in [3.8, 4) is 0 Å². The SMILES string of the molecule is C=C(C(CC(CC)CN)C(C)(C)C)C(C)(C)C. The maximum atomic E-state index is 5.85. The van der Waals surface area contributed by atoms with Crippen molar-refractivity contribution in [3.63, 3.8) is 0 Å². The molecule has 1 heteroatoms. The minimum Gasteiger partial charge on any atom is -0.330 e. The van der Waals surface area contributed by atoms with Crippen molar-refractivity contribution in [2.45, 2.75) is 61.3 Å². The molecular formula is C16H33N. The number of hydrogen-bond acceptors (Lipinski definition) is 1. The Morgan fingerprint density at radius 3 is 1.82 bits per heavy atom. The lowest BCUT2D eigenvalue weighted by Crippen LogP contribution is -2.31. The van der Waals surface area contributed by atoms with Gasteiger partial charge in [0.2, 0.25) is 0 Å². The highest BCUT2D eigenvalue weighted by molar-refractivity contribution is 5.13. The van der Waals surface area contributed by atoms with Gasteiger partial charge in [-0.1, -0.05) is 67.0 Å². The van der Waals surface area contributed by atoms with Crippen LogP contribution in [0.4, 0.5) is 0 Å². The summed E-state index contributed by atoms with van der Waals surface area (Å²) >= 11 is 0. The van der Waals surface area contributed by atoms with Crippen LogP contribution in [-0.2, 0) is 0 Å². The van der Waals surface area contributed by atoms with Crippen molar-refractivity contribution in [2.75, 3.05) is 6.54 Å². The lowest BCUT2D eigenvalue weighted by atomic mass is 9.66. The molecule has 1 nitrogen and oxygen atoms in total. The molecule has 0 saturated carbocycles. The number of nitrogens with two attached hydrogens (primary N) is 1. The molecule has 102 valence electrons. The Hall–Kier alpha value is -0.300. The van der Waals surface area contributed by atoms with Crippen molar-refractivity contribution in [1.29, 1.82) is 0 Å². The fraction of sp³-hybridized carbons (Fsp3) is 0.875. The van der Waals surface area contributed by atoms with Crippen LogP contribution in [0.2, 0.25) is 0 Å². The van der Waals surface area contributed by atoms with Gasteiger partial charge < -0.3 is 5.73 Å². The molecule has 0 rings (SSSR count). The topological polar surface area (TPSA) is 26.0 Å². The van der Waals surface area contributed by atoms with Crippen LogP contribution in [0.1, 0.15) is 61.3 Å². The van der Waals surface area contributed by atoms with Crippen LogP contribution in [0.5, 0.6) is 0 Å². The summed E-state index contributed by atoms with van der Waals surface area (Å²) in [5.41, 5.74) is 7.68. The van der Waals surface area contributed by atoms with Gasteiger partial charge in [0.25, 0.3) is 0 Å². The maximum Gasteiger partial charge on any atom is -0.00487 e. The van der Waals surface area contributed by atoms with E-state index in [1.807, 2.05) is 0 Å². The second-order valence-electron chi connectivity index (χ2n) is 7.44. The Kier molecular flexibility index (Phi) is 5.93. The Labute approximate surface area is 109 Å². The molecule has 0 spiro atoms. The van der Waals surface area contributed by atoms with E-state index in [0.717, 1.165) is 6.54 Å². The van der Waals surface area contributed by atoms with Gasteiger partial charge in [0, 0.05) is 0 Å². The fourth-order valence-corrected chi connectivity index (χ4v) is 2.30. The Balaban J connectivity index is 4.98. The van der Waals surface area contributed by atoms with E-state index in [2.05, 4.69) is 55.0 Å². The highest BCUT2D eigenvalue weighted by atomic mass is 14.6. The molecule has 0 radical (unpaired) electrons. The zero-order chi connectivity index (χ0) is 13.9. The van der Waals surface area contributed by atoms with E-state index >= 15 is 0 Å². The molecule has 0 aliphatic heterocycles. The Morgan fingerprint density at radius 1 is 1.12 bits per heavy atom. The van der Waals surface area contributed by atoms with Gasteiger partial charge in [0.15, 0.2) is 0 Å². The summed E-state index contributed by atoms with van der Waals surface area (Å²) in [7, 11) is 0. The quantitative estimate of drug-likeness (QED) is 0.696. The third kappa shape index (κ3) is 5.25. The first-order chi connectivity index (χ1) is 7.54. The summed E-state index contributed by atoms with van der Waals surface area (Å²) < 4.78 is 0. The van der Waals surface area contributed by atoms with Crippen LogP contribution in [-0.4, -0.2) is 6.54 Å². The monoisotopic (exact) mass is 239 g/mol. The average Bonchev–Trinajstić information content (AvgIpc) is 2.15. The highest BCUT2D eigenvalue weighted by Crippen LogP contribution is 2.43. The van der Waals surface area contributed by atoms with Crippen LogP contribution in [0.15, 0.2) is 12.2 Å². The summed E-state index contributed by atoms with van der Waals surface area (Å²) in [5.74, 6) is 1.18. The van der Waals surface area contributed by atoms with E-state index < -0.39 is 0 Å². The van der Waals surface area contributed by atoms with Gasteiger partial charge in [-0.3, -0.25) is 0 Å². The van der Waals surface area contributed by atoms with Crippen LogP contribution >= 0.6 is 0 Å². The minimum absolute atomic E-state index is 0.185. The molecule has 0 amide bonds. The van der Waals surface area contributed by atoms with Crippen LogP contribution < -0.4 is 5.73 Å². The fourth-order valence-electron chi connectivity index (χ4n) is 2.30. The molecule has 0 fully saturated rings. The third-order valence-corrected chi connectivity index (χ3v) is 3.91. The molecule has 0 aliphatic rings. The molecule has 2 atom stereocenters. The Bertz CT molecular complexity index is 235. The van der Waals surface area contributed by atoms with E-state index in [9.17, 15) is 0 Å². The van der Waals surface area contributed by atoms with Crippen molar-refractivity contribution in [2.24, 2.45) is 28.4 Å². The normalized spacial score (nSPS) is 16.7. The van der Waals surface area contributed by atoms with Gasteiger partial charge in [-0.2, -0.15) is 0 Å². The summed E-state index contributed by atoms with van der Waals surface area (Å²) in [6.07, 6.45) is 2.34. The van der Waals surface area contributed by atoms with Gasteiger partial charge in [0.05, 0.1) is 0 Å². The third-order valence-electron chi connectivity index (χ3n) is 3.91. The van der Waals surface area contributed by atoms with Gasteiger partial charge in [-0.25, -0.2) is 0 Å². The van der Waals surface area contributed by atoms with Crippen molar-refractivity contribution < 1.29 is 0 Å². The van der Waals surface area contributed by atoms with Crippen molar-refractivity contribution >= 4 is 0 Å². The van der Waals surface area contributed by atoms with Gasteiger partial charge in [0.1, 0.15) is 0 Å². The second-order valence-corrected chi connectivity index (χ2v) is 7.44. The lowest BCUT2D eigenvalue weighted by Gasteiger charge is -2.40. The predicted molar refractivity (Wildman–Crippen MR) is 79.0 cm³/mol. The van der Waals surface area contributed by atoms with E-state index in [1.165, 1.54) is 18.4 Å². The van der Waals surface area contributed by atoms with Crippen LogP contribution in [0.3, 0.4) is 0 Å². The molecule has 2 unspecified atom stereocenters. The van der Waals surface area contributed by atoms with E-state index in [1.54, 1.807) is 0 Å². The molecular weight excluding hydrogens is 206 g/mol. The highest BCUT2D eigenvalue weighted by Gasteiger charge is 2.33. The van der Waals surface area contributed by atoms with Gasteiger partial charge in [-0.15, -0.1) is 0 Å². The number of allylic oxidation sites excluding steroid dienone is 1. The first-order valence-electron chi connectivity index (χ1n) is 6.93. The zero-order valence-corrected chi connectivity index (χ0v) is 13.1. The maximum absolute atomic E-state index is 5.85. The summed E-state index contributed by atoms with van der Waals surface area (Å²) in [6, 6.07) is 0. The molecule has 0 aromatic heterocycles. The molecule has 0 aromatic rings. The molecule has 0 heterocycles. The first-order valence-corrected chi connectivity index (χ1v) is 6.93. The number of hydrogen-bond donors (Lipinski definition) is 1. The predicted octanol–water partition coefficient (Wildman–Crippen LogP) is 4.63. The molecule has 0 aromatic carbocycles. The molecule has 0 bridgehead atoms. The van der Waals surface area contributed by atoms with Crippen molar-refractivity contribution in [1.82, 2.24) is 0 Å².